The van der Waals surface area contributed by atoms with E-state index < -0.39 is 10.0 Å². The van der Waals surface area contributed by atoms with Gasteiger partial charge in [-0.25, -0.2) is 8.42 Å². The highest BCUT2D eigenvalue weighted by atomic mass is 32.2. The predicted molar refractivity (Wildman–Crippen MR) is 103 cm³/mol. The molecule has 0 fully saturated rings. The minimum atomic E-state index is -3.62. The van der Waals surface area contributed by atoms with Gasteiger partial charge in [0.25, 0.3) is 10.0 Å². The van der Waals surface area contributed by atoms with Gasteiger partial charge in [-0.3, -0.25) is 4.72 Å². The van der Waals surface area contributed by atoms with E-state index in [1.165, 1.54) is 5.56 Å². The highest BCUT2D eigenvalue weighted by Gasteiger charge is 2.24. The lowest BCUT2D eigenvalue weighted by atomic mass is 9.89. The van der Waals surface area contributed by atoms with Crippen molar-refractivity contribution in [3.8, 4) is 0 Å². The maximum absolute atomic E-state index is 13.1. The standard InChI is InChI=1S/C21H21NO2S/c1-14-9-11-19(15(2)13-14)22-25(23,24)20-12-10-17-6-3-5-16-7-4-8-18(20)21(16)17/h3,5-6,9-13,22H,4,7-8H2,1-2H3. The van der Waals surface area contributed by atoms with E-state index in [1.54, 1.807) is 6.07 Å². The van der Waals surface area contributed by atoms with Crippen molar-refractivity contribution in [3.63, 3.8) is 0 Å². The van der Waals surface area contributed by atoms with Gasteiger partial charge in [0.1, 0.15) is 0 Å². The molecule has 0 unspecified atom stereocenters. The van der Waals surface area contributed by atoms with Gasteiger partial charge in [0.05, 0.1) is 10.6 Å². The molecule has 128 valence electrons. The van der Waals surface area contributed by atoms with Crippen LogP contribution in [0.1, 0.15) is 28.7 Å². The fourth-order valence-corrected chi connectivity index (χ4v) is 5.21. The first kappa shape index (κ1) is 16.2. The number of hydrogen-bond acceptors (Lipinski definition) is 2. The van der Waals surface area contributed by atoms with Gasteiger partial charge in [0, 0.05) is 0 Å². The number of nitrogens with one attached hydrogen (secondary N) is 1. The van der Waals surface area contributed by atoms with Crippen LogP contribution in [0, 0.1) is 13.8 Å². The lowest BCUT2D eigenvalue weighted by Crippen LogP contribution is -2.17. The van der Waals surface area contributed by atoms with Gasteiger partial charge in [-0.2, -0.15) is 0 Å². The summed E-state index contributed by atoms with van der Waals surface area (Å²) in [5.74, 6) is 0. The number of sulfonamides is 1. The van der Waals surface area contributed by atoms with Gasteiger partial charge in [0.15, 0.2) is 0 Å². The zero-order valence-corrected chi connectivity index (χ0v) is 15.3. The highest BCUT2D eigenvalue weighted by Crippen LogP contribution is 2.34. The van der Waals surface area contributed by atoms with E-state index in [1.807, 2.05) is 38.1 Å². The SMILES string of the molecule is Cc1ccc(NS(=O)(=O)c2ccc3cccc4c3c2CCC4)c(C)c1. The van der Waals surface area contributed by atoms with Crippen LogP contribution in [0.15, 0.2) is 53.4 Å². The van der Waals surface area contributed by atoms with Gasteiger partial charge in [-0.15, -0.1) is 0 Å². The molecule has 4 heteroatoms. The third-order valence-corrected chi connectivity index (χ3v) is 6.44. The number of anilines is 1. The molecule has 4 rings (SSSR count). The van der Waals surface area contributed by atoms with Crippen LogP contribution in [-0.4, -0.2) is 8.42 Å². The molecule has 0 aliphatic heterocycles. The van der Waals surface area contributed by atoms with Gasteiger partial charge in [-0.1, -0.05) is 42.0 Å². The molecule has 0 heterocycles. The second-order valence-corrected chi connectivity index (χ2v) is 8.49. The average molecular weight is 351 g/mol. The Hall–Kier alpha value is -2.33. The molecule has 0 atom stereocenters. The van der Waals surface area contributed by atoms with Gasteiger partial charge in [-0.05, 0) is 72.7 Å². The molecule has 1 aliphatic carbocycles. The van der Waals surface area contributed by atoms with Crippen molar-refractivity contribution < 1.29 is 8.42 Å². The fraction of sp³-hybridized carbons (Fsp3) is 0.238. The molecule has 0 spiro atoms. The number of aryl methyl sites for hydroxylation is 4. The summed E-state index contributed by atoms with van der Waals surface area (Å²) in [5.41, 5.74) is 4.89. The van der Waals surface area contributed by atoms with E-state index >= 15 is 0 Å². The molecular weight excluding hydrogens is 330 g/mol. The maximum Gasteiger partial charge on any atom is 0.262 e. The normalized spacial score (nSPS) is 13.8. The number of benzene rings is 3. The minimum Gasteiger partial charge on any atom is -0.279 e. The van der Waals surface area contributed by atoms with Crippen molar-refractivity contribution in [2.75, 3.05) is 4.72 Å². The Labute approximate surface area is 148 Å². The van der Waals surface area contributed by atoms with Crippen molar-refractivity contribution >= 4 is 26.5 Å². The first-order valence-electron chi connectivity index (χ1n) is 8.59. The second-order valence-electron chi connectivity index (χ2n) is 6.83. The van der Waals surface area contributed by atoms with Crippen LogP contribution in [0.5, 0.6) is 0 Å². The second kappa shape index (κ2) is 5.88. The molecule has 3 nitrogen and oxygen atoms in total. The molecule has 3 aromatic rings. The topological polar surface area (TPSA) is 46.2 Å². The molecule has 1 aliphatic rings. The van der Waals surface area contributed by atoms with Crippen LogP contribution in [-0.2, 0) is 22.9 Å². The first-order chi connectivity index (χ1) is 12.0. The van der Waals surface area contributed by atoms with Crippen LogP contribution in [0.25, 0.3) is 10.8 Å². The Kier molecular flexibility index (Phi) is 3.80. The minimum absolute atomic E-state index is 0.409. The molecule has 1 N–H and O–H groups in total. The van der Waals surface area contributed by atoms with Gasteiger partial charge < -0.3 is 0 Å². The smallest absolute Gasteiger partial charge is 0.262 e. The number of rotatable bonds is 3. The summed E-state index contributed by atoms with van der Waals surface area (Å²) in [6.45, 7) is 3.92. The first-order valence-corrected chi connectivity index (χ1v) is 10.1. The van der Waals surface area contributed by atoms with Crippen molar-refractivity contribution in [1.29, 1.82) is 0 Å². The molecule has 0 saturated carbocycles. The molecule has 0 radical (unpaired) electrons. The van der Waals surface area contributed by atoms with Crippen molar-refractivity contribution in [2.24, 2.45) is 0 Å². The molecule has 0 saturated heterocycles. The van der Waals surface area contributed by atoms with E-state index in [9.17, 15) is 8.42 Å². The van der Waals surface area contributed by atoms with E-state index in [0.29, 0.717) is 10.6 Å². The van der Waals surface area contributed by atoms with E-state index in [0.717, 1.165) is 46.7 Å². The Morgan fingerprint density at radius 1 is 0.960 bits per heavy atom. The highest BCUT2D eigenvalue weighted by molar-refractivity contribution is 7.92. The molecule has 0 amide bonds. The molecule has 0 bridgehead atoms. The van der Waals surface area contributed by atoms with Crippen LogP contribution in [0.2, 0.25) is 0 Å². The summed E-state index contributed by atoms with van der Waals surface area (Å²) < 4.78 is 29.0. The van der Waals surface area contributed by atoms with Gasteiger partial charge >= 0.3 is 0 Å². The number of hydrogen-bond donors (Lipinski definition) is 1. The maximum atomic E-state index is 13.1. The summed E-state index contributed by atoms with van der Waals surface area (Å²) in [6, 6.07) is 15.6. The van der Waals surface area contributed by atoms with Crippen molar-refractivity contribution in [1.82, 2.24) is 0 Å². The molecule has 3 aromatic carbocycles. The Morgan fingerprint density at radius 2 is 1.80 bits per heavy atom. The van der Waals surface area contributed by atoms with E-state index in [2.05, 4.69) is 22.9 Å². The average Bonchev–Trinajstić information content (AvgIpc) is 2.58. The largest absolute Gasteiger partial charge is 0.279 e. The van der Waals surface area contributed by atoms with E-state index in [4.69, 9.17) is 0 Å². The Morgan fingerprint density at radius 3 is 2.60 bits per heavy atom. The zero-order valence-electron chi connectivity index (χ0n) is 14.5. The summed E-state index contributed by atoms with van der Waals surface area (Å²) >= 11 is 0. The van der Waals surface area contributed by atoms with Crippen LogP contribution >= 0.6 is 0 Å². The van der Waals surface area contributed by atoms with Crippen LogP contribution in [0.4, 0.5) is 5.69 Å². The third-order valence-electron chi connectivity index (χ3n) is 4.99. The molecular formula is C21H21NO2S. The molecule has 25 heavy (non-hydrogen) atoms. The lowest BCUT2D eigenvalue weighted by molar-refractivity contribution is 0.599. The summed E-state index contributed by atoms with van der Waals surface area (Å²) in [7, 11) is -3.62. The van der Waals surface area contributed by atoms with Gasteiger partial charge in [0.2, 0.25) is 0 Å². The quantitative estimate of drug-likeness (QED) is 0.740. The van der Waals surface area contributed by atoms with E-state index in [-0.39, 0.29) is 0 Å². The van der Waals surface area contributed by atoms with Crippen LogP contribution in [0.3, 0.4) is 0 Å². The third kappa shape index (κ3) is 2.81. The summed E-state index contributed by atoms with van der Waals surface area (Å²) in [4.78, 5) is 0.409. The predicted octanol–water partition coefficient (Wildman–Crippen LogP) is 4.75. The van der Waals surface area contributed by atoms with Crippen molar-refractivity contribution in [3.05, 3.63) is 70.8 Å². The zero-order chi connectivity index (χ0) is 17.6. The van der Waals surface area contributed by atoms with Crippen molar-refractivity contribution in [2.45, 2.75) is 38.0 Å². The monoisotopic (exact) mass is 351 g/mol. The Balaban J connectivity index is 1.85. The lowest BCUT2D eigenvalue weighted by Gasteiger charge is -2.21. The summed E-state index contributed by atoms with van der Waals surface area (Å²) in [5, 5.41) is 2.25. The fourth-order valence-electron chi connectivity index (χ4n) is 3.81. The van der Waals surface area contributed by atoms with Crippen LogP contribution < -0.4 is 4.72 Å². The Bertz CT molecular complexity index is 1080. The summed E-state index contributed by atoms with van der Waals surface area (Å²) in [6.07, 6.45) is 2.80. The molecule has 0 aromatic heterocycles.